The van der Waals surface area contributed by atoms with Gasteiger partial charge in [0.25, 0.3) is 0 Å². The highest BCUT2D eigenvalue weighted by atomic mass is 16.3. The number of hydrogen-bond acceptors (Lipinski definition) is 4. The van der Waals surface area contributed by atoms with E-state index < -0.39 is 0 Å². The predicted octanol–water partition coefficient (Wildman–Crippen LogP) is 3.82. The van der Waals surface area contributed by atoms with Crippen LogP contribution >= 0.6 is 0 Å². The average molecular weight is 369 g/mol. The Morgan fingerprint density at radius 1 is 1.19 bits per heavy atom. The van der Waals surface area contributed by atoms with Crippen molar-refractivity contribution in [2.75, 3.05) is 30.4 Å². The molecule has 1 atom stereocenters. The molecule has 0 radical (unpaired) electrons. The van der Waals surface area contributed by atoms with E-state index in [0.717, 1.165) is 42.9 Å². The van der Waals surface area contributed by atoms with Gasteiger partial charge in [0.2, 0.25) is 11.8 Å². The average Bonchev–Trinajstić information content (AvgIpc) is 3.09. The second kappa shape index (κ2) is 8.86. The van der Waals surface area contributed by atoms with Gasteiger partial charge in [-0.3, -0.25) is 14.5 Å². The molecule has 2 aromatic rings. The number of carbonyl (C=O) groups excluding carboxylic acids is 2. The smallest absolute Gasteiger partial charge is 0.238 e. The third-order valence-corrected chi connectivity index (χ3v) is 5.09. The van der Waals surface area contributed by atoms with E-state index in [2.05, 4.69) is 10.2 Å². The normalized spacial score (nSPS) is 17.9. The lowest BCUT2D eigenvalue weighted by atomic mass is 10.1. The number of nitrogens with one attached hydrogen (secondary N) is 1. The lowest BCUT2D eigenvalue weighted by molar-refractivity contribution is -0.118. The molecule has 144 valence electrons. The summed E-state index contributed by atoms with van der Waals surface area (Å²) in [5.74, 6) is 0.861. The molecule has 6 heteroatoms. The highest BCUT2D eigenvalue weighted by molar-refractivity contribution is 5.93. The Morgan fingerprint density at radius 2 is 1.96 bits per heavy atom. The number of carbonyl (C=O) groups is 2. The molecule has 2 heterocycles. The summed E-state index contributed by atoms with van der Waals surface area (Å²) in [5.41, 5.74) is 1.52. The first-order valence-electron chi connectivity index (χ1n) is 9.46. The number of amides is 2. The summed E-state index contributed by atoms with van der Waals surface area (Å²) >= 11 is 0. The van der Waals surface area contributed by atoms with Gasteiger partial charge in [-0.15, -0.1) is 0 Å². The molecule has 0 unspecified atom stereocenters. The zero-order valence-electron chi connectivity index (χ0n) is 16.0. The van der Waals surface area contributed by atoms with Gasteiger partial charge in [-0.2, -0.15) is 0 Å². The van der Waals surface area contributed by atoms with Crippen LogP contribution in [0.1, 0.15) is 44.4 Å². The molecule has 1 aromatic carbocycles. The third kappa shape index (κ3) is 4.98. The van der Waals surface area contributed by atoms with Crippen LogP contribution in [0.2, 0.25) is 0 Å². The molecule has 1 saturated heterocycles. The summed E-state index contributed by atoms with van der Waals surface area (Å²) in [5, 5.41) is 2.96. The molecule has 1 aliphatic rings. The van der Waals surface area contributed by atoms with Gasteiger partial charge in [0.1, 0.15) is 5.76 Å². The van der Waals surface area contributed by atoms with Crippen LogP contribution in [0.4, 0.5) is 11.4 Å². The maximum Gasteiger partial charge on any atom is 0.238 e. The maximum atomic E-state index is 12.6. The minimum Gasteiger partial charge on any atom is -0.468 e. The molecular weight excluding hydrogens is 342 g/mol. The zero-order chi connectivity index (χ0) is 19.2. The predicted molar refractivity (Wildman–Crippen MR) is 106 cm³/mol. The molecule has 1 fully saturated rings. The lowest BCUT2D eigenvalue weighted by Crippen LogP contribution is -2.36. The Labute approximate surface area is 160 Å². The SMILES string of the molecule is CC(=O)N(C)c1ccc(NC(=O)CN2CCCCC[C@@H]2c2ccco2)cc1. The number of hydrogen-bond donors (Lipinski definition) is 1. The van der Waals surface area contributed by atoms with Crippen molar-refractivity contribution < 1.29 is 14.0 Å². The van der Waals surface area contributed by atoms with E-state index in [1.807, 2.05) is 36.4 Å². The van der Waals surface area contributed by atoms with Crippen LogP contribution in [-0.4, -0.2) is 36.9 Å². The highest BCUT2D eigenvalue weighted by Crippen LogP contribution is 2.30. The van der Waals surface area contributed by atoms with Crippen molar-refractivity contribution in [3.8, 4) is 0 Å². The molecule has 3 rings (SSSR count). The zero-order valence-corrected chi connectivity index (χ0v) is 16.0. The number of nitrogens with zero attached hydrogens (tertiary/aromatic N) is 2. The molecule has 1 N–H and O–H groups in total. The molecule has 1 aromatic heterocycles. The molecule has 0 aliphatic carbocycles. The van der Waals surface area contributed by atoms with E-state index in [1.165, 1.54) is 13.3 Å². The van der Waals surface area contributed by atoms with Gasteiger partial charge in [0.05, 0.1) is 18.8 Å². The van der Waals surface area contributed by atoms with Crippen molar-refractivity contribution in [3.05, 3.63) is 48.4 Å². The Morgan fingerprint density at radius 3 is 2.63 bits per heavy atom. The van der Waals surface area contributed by atoms with Crippen LogP contribution in [0.15, 0.2) is 47.1 Å². The van der Waals surface area contributed by atoms with Crippen molar-refractivity contribution in [1.29, 1.82) is 0 Å². The summed E-state index contributed by atoms with van der Waals surface area (Å²) in [6, 6.07) is 11.3. The Balaban J connectivity index is 1.62. The lowest BCUT2D eigenvalue weighted by Gasteiger charge is -2.27. The van der Waals surface area contributed by atoms with E-state index >= 15 is 0 Å². The molecule has 6 nitrogen and oxygen atoms in total. The summed E-state index contributed by atoms with van der Waals surface area (Å²) in [7, 11) is 1.73. The second-order valence-corrected chi connectivity index (χ2v) is 7.02. The van der Waals surface area contributed by atoms with E-state index in [9.17, 15) is 9.59 Å². The van der Waals surface area contributed by atoms with Crippen molar-refractivity contribution >= 4 is 23.2 Å². The molecule has 0 bridgehead atoms. The summed E-state index contributed by atoms with van der Waals surface area (Å²) in [4.78, 5) is 27.8. The topological polar surface area (TPSA) is 65.8 Å². The van der Waals surface area contributed by atoms with Gasteiger partial charge >= 0.3 is 0 Å². The van der Waals surface area contributed by atoms with Gasteiger partial charge in [0.15, 0.2) is 0 Å². The first-order chi connectivity index (χ1) is 13.0. The summed E-state index contributed by atoms with van der Waals surface area (Å²) in [6.45, 7) is 2.74. The number of anilines is 2. The standard InChI is InChI=1S/C21H27N3O3/c1-16(25)23(2)18-11-9-17(10-12-18)22-21(26)15-24-13-5-3-4-7-19(24)20-8-6-14-27-20/h6,8-12,14,19H,3-5,7,13,15H2,1-2H3,(H,22,26)/t19-/m1/s1. The third-order valence-electron chi connectivity index (χ3n) is 5.09. The van der Waals surface area contributed by atoms with Crippen LogP contribution in [0, 0.1) is 0 Å². The fraction of sp³-hybridized carbons (Fsp3) is 0.429. The Bertz CT molecular complexity index is 755. The van der Waals surface area contributed by atoms with E-state index in [4.69, 9.17) is 4.42 Å². The Hall–Kier alpha value is -2.60. The highest BCUT2D eigenvalue weighted by Gasteiger charge is 2.26. The summed E-state index contributed by atoms with van der Waals surface area (Å²) < 4.78 is 5.61. The summed E-state index contributed by atoms with van der Waals surface area (Å²) in [6.07, 6.45) is 6.12. The van der Waals surface area contributed by atoms with Crippen molar-refractivity contribution in [2.45, 2.75) is 38.6 Å². The second-order valence-electron chi connectivity index (χ2n) is 7.02. The Kier molecular flexibility index (Phi) is 6.29. The molecule has 2 amide bonds. The van der Waals surface area contributed by atoms with Crippen molar-refractivity contribution in [1.82, 2.24) is 4.90 Å². The molecule has 27 heavy (non-hydrogen) atoms. The van der Waals surface area contributed by atoms with E-state index in [0.29, 0.717) is 6.54 Å². The van der Waals surface area contributed by atoms with Gasteiger partial charge in [-0.25, -0.2) is 0 Å². The van der Waals surface area contributed by atoms with Crippen LogP contribution in [-0.2, 0) is 9.59 Å². The van der Waals surface area contributed by atoms with Gasteiger partial charge in [0, 0.05) is 25.3 Å². The molecule has 0 spiro atoms. The van der Waals surface area contributed by atoms with Crippen molar-refractivity contribution in [3.63, 3.8) is 0 Å². The molecule has 0 saturated carbocycles. The van der Waals surface area contributed by atoms with E-state index in [-0.39, 0.29) is 17.9 Å². The fourth-order valence-corrected chi connectivity index (χ4v) is 3.50. The minimum absolute atomic E-state index is 0.0306. The van der Waals surface area contributed by atoms with Crippen LogP contribution < -0.4 is 10.2 Å². The van der Waals surface area contributed by atoms with Crippen LogP contribution in [0.5, 0.6) is 0 Å². The quantitative estimate of drug-likeness (QED) is 0.870. The number of likely N-dealkylation sites (tertiary alicyclic amines) is 1. The van der Waals surface area contributed by atoms with Crippen molar-refractivity contribution in [2.24, 2.45) is 0 Å². The molecule has 1 aliphatic heterocycles. The number of furan rings is 1. The maximum absolute atomic E-state index is 12.6. The molecular formula is C21H27N3O3. The first kappa shape index (κ1) is 19.2. The first-order valence-corrected chi connectivity index (χ1v) is 9.46. The van der Waals surface area contributed by atoms with Crippen LogP contribution in [0.25, 0.3) is 0 Å². The van der Waals surface area contributed by atoms with Crippen LogP contribution in [0.3, 0.4) is 0 Å². The fourth-order valence-electron chi connectivity index (χ4n) is 3.50. The van der Waals surface area contributed by atoms with Gasteiger partial charge in [-0.05, 0) is 55.8 Å². The minimum atomic E-state index is -0.0406. The largest absolute Gasteiger partial charge is 0.468 e. The van der Waals surface area contributed by atoms with Gasteiger partial charge in [-0.1, -0.05) is 12.8 Å². The van der Waals surface area contributed by atoms with E-state index in [1.54, 1.807) is 18.2 Å². The number of benzene rings is 1. The number of rotatable bonds is 5. The van der Waals surface area contributed by atoms with Gasteiger partial charge < -0.3 is 14.6 Å². The monoisotopic (exact) mass is 369 g/mol.